The van der Waals surface area contributed by atoms with E-state index in [0.29, 0.717) is 19.1 Å². The van der Waals surface area contributed by atoms with Crippen LogP contribution in [0.3, 0.4) is 0 Å². The molecule has 0 saturated carbocycles. The first-order chi connectivity index (χ1) is 7.29. The minimum Gasteiger partial charge on any atom is -0.391 e. The number of ether oxygens (including phenoxy) is 1. The van der Waals surface area contributed by atoms with Crippen LogP contribution in [0.2, 0.25) is 0 Å². The molecule has 1 aliphatic heterocycles. The van der Waals surface area contributed by atoms with Crippen LogP contribution >= 0.6 is 0 Å². The van der Waals surface area contributed by atoms with Crippen molar-refractivity contribution in [2.45, 2.75) is 19.1 Å². The van der Waals surface area contributed by atoms with Crippen molar-refractivity contribution in [2.75, 3.05) is 25.1 Å². The Morgan fingerprint density at radius 2 is 2.53 bits per heavy atom. The molecule has 0 amide bonds. The number of β-amino-alcohol motifs (C(OH)–C–C–N with tert-alkyl or cyclic N) is 1. The first kappa shape index (κ1) is 10.3. The zero-order valence-corrected chi connectivity index (χ0v) is 8.76. The quantitative estimate of drug-likeness (QED) is 0.770. The van der Waals surface area contributed by atoms with Crippen LogP contribution in [0.4, 0.5) is 5.95 Å². The highest BCUT2D eigenvalue weighted by Gasteiger charge is 2.22. The summed E-state index contributed by atoms with van der Waals surface area (Å²) in [5.41, 5.74) is 0.865. The second kappa shape index (κ2) is 4.55. The maximum atomic E-state index is 9.41. The summed E-state index contributed by atoms with van der Waals surface area (Å²) in [5, 5.41) is 9.41. The number of hydrogen-bond acceptors (Lipinski definition) is 5. The molecule has 1 atom stereocenters. The maximum absolute atomic E-state index is 9.41. The fourth-order valence-electron chi connectivity index (χ4n) is 1.69. The van der Waals surface area contributed by atoms with Gasteiger partial charge in [-0.2, -0.15) is 0 Å². The molecule has 5 nitrogen and oxygen atoms in total. The smallest absolute Gasteiger partial charge is 0.225 e. The van der Waals surface area contributed by atoms with Crippen molar-refractivity contribution in [1.29, 1.82) is 0 Å². The molecule has 5 heteroatoms. The third-order valence-corrected chi connectivity index (χ3v) is 2.44. The van der Waals surface area contributed by atoms with E-state index in [9.17, 15) is 5.11 Å². The molecule has 1 fully saturated rings. The zero-order chi connectivity index (χ0) is 10.7. The summed E-state index contributed by atoms with van der Waals surface area (Å²) in [5.74, 6) is 0.682. The van der Waals surface area contributed by atoms with Gasteiger partial charge >= 0.3 is 0 Å². The number of hydrogen-bond donors (Lipinski definition) is 1. The molecule has 0 aromatic carbocycles. The SMILES string of the molecule is COCc1ccnc(N2CC[C@@H](O)C2)n1. The van der Waals surface area contributed by atoms with E-state index in [2.05, 4.69) is 9.97 Å². The van der Waals surface area contributed by atoms with E-state index < -0.39 is 0 Å². The molecule has 1 N–H and O–H groups in total. The van der Waals surface area contributed by atoms with E-state index in [0.717, 1.165) is 18.7 Å². The van der Waals surface area contributed by atoms with Gasteiger partial charge in [0.25, 0.3) is 0 Å². The molecular weight excluding hydrogens is 194 g/mol. The highest BCUT2D eigenvalue weighted by Crippen LogP contribution is 2.15. The van der Waals surface area contributed by atoms with Crippen LogP contribution in [-0.4, -0.2) is 41.4 Å². The lowest BCUT2D eigenvalue weighted by Crippen LogP contribution is -2.23. The Morgan fingerprint density at radius 3 is 3.20 bits per heavy atom. The van der Waals surface area contributed by atoms with Crippen molar-refractivity contribution < 1.29 is 9.84 Å². The second-order valence-electron chi connectivity index (χ2n) is 3.67. The van der Waals surface area contributed by atoms with Crippen molar-refractivity contribution in [3.8, 4) is 0 Å². The lowest BCUT2D eigenvalue weighted by atomic mass is 10.3. The number of anilines is 1. The molecule has 82 valence electrons. The molecule has 0 spiro atoms. The lowest BCUT2D eigenvalue weighted by molar-refractivity contribution is 0.181. The van der Waals surface area contributed by atoms with E-state index >= 15 is 0 Å². The van der Waals surface area contributed by atoms with Gasteiger partial charge in [0, 0.05) is 26.4 Å². The number of nitrogens with zero attached hydrogens (tertiary/aromatic N) is 3. The van der Waals surface area contributed by atoms with Gasteiger partial charge < -0.3 is 14.7 Å². The minimum absolute atomic E-state index is 0.250. The van der Waals surface area contributed by atoms with E-state index in [1.165, 1.54) is 0 Å². The van der Waals surface area contributed by atoms with Crippen LogP contribution in [0, 0.1) is 0 Å². The molecule has 1 aromatic heterocycles. The average molecular weight is 209 g/mol. The molecular formula is C10H15N3O2. The predicted molar refractivity (Wildman–Crippen MR) is 55.6 cm³/mol. The molecule has 0 bridgehead atoms. The molecule has 0 unspecified atom stereocenters. The molecule has 0 radical (unpaired) electrons. The Morgan fingerprint density at radius 1 is 1.67 bits per heavy atom. The number of methoxy groups -OCH3 is 1. The molecule has 2 heterocycles. The first-order valence-corrected chi connectivity index (χ1v) is 5.03. The highest BCUT2D eigenvalue weighted by molar-refractivity contribution is 5.32. The van der Waals surface area contributed by atoms with Crippen LogP contribution in [0.1, 0.15) is 12.1 Å². The Labute approximate surface area is 88.7 Å². The van der Waals surface area contributed by atoms with Gasteiger partial charge in [-0.25, -0.2) is 9.97 Å². The Balaban J connectivity index is 2.10. The lowest BCUT2D eigenvalue weighted by Gasteiger charge is -2.15. The number of aliphatic hydroxyl groups excluding tert-OH is 1. The zero-order valence-electron chi connectivity index (χ0n) is 8.76. The number of aliphatic hydroxyl groups is 1. The molecule has 15 heavy (non-hydrogen) atoms. The van der Waals surface area contributed by atoms with Gasteiger partial charge in [-0.1, -0.05) is 0 Å². The number of aromatic nitrogens is 2. The largest absolute Gasteiger partial charge is 0.391 e. The fraction of sp³-hybridized carbons (Fsp3) is 0.600. The highest BCUT2D eigenvalue weighted by atomic mass is 16.5. The van der Waals surface area contributed by atoms with Crippen LogP contribution in [0.15, 0.2) is 12.3 Å². The Hall–Kier alpha value is -1.20. The Bertz CT molecular complexity index is 332. The molecule has 1 aliphatic rings. The van der Waals surface area contributed by atoms with Crippen LogP contribution in [0.25, 0.3) is 0 Å². The summed E-state index contributed by atoms with van der Waals surface area (Å²) in [6.45, 7) is 1.93. The first-order valence-electron chi connectivity index (χ1n) is 5.03. The monoisotopic (exact) mass is 209 g/mol. The topological polar surface area (TPSA) is 58.5 Å². The molecule has 0 aliphatic carbocycles. The third-order valence-electron chi connectivity index (χ3n) is 2.44. The fourth-order valence-corrected chi connectivity index (χ4v) is 1.69. The van der Waals surface area contributed by atoms with E-state index in [1.807, 2.05) is 11.0 Å². The van der Waals surface area contributed by atoms with Gasteiger partial charge in [0.15, 0.2) is 0 Å². The summed E-state index contributed by atoms with van der Waals surface area (Å²) in [4.78, 5) is 10.5. The van der Waals surface area contributed by atoms with Gasteiger partial charge in [-0.3, -0.25) is 0 Å². The van der Waals surface area contributed by atoms with Crippen molar-refractivity contribution in [1.82, 2.24) is 9.97 Å². The third kappa shape index (κ3) is 2.43. The summed E-state index contributed by atoms with van der Waals surface area (Å²) < 4.78 is 5.01. The van der Waals surface area contributed by atoms with Crippen LogP contribution in [-0.2, 0) is 11.3 Å². The van der Waals surface area contributed by atoms with Crippen molar-refractivity contribution in [2.24, 2.45) is 0 Å². The Kier molecular flexibility index (Phi) is 3.13. The van der Waals surface area contributed by atoms with Crippen molar-refractivity contribution >= 4 is 5.95 Å². The second-order valence-corrected chi connectivity index (χ2v) is 3.67. The van der Waals surface area contributed by atoms with E-state index in [-0.39, 0.29) is 6.10 Å². The standard InChI is InChI=1S/C10H15N3O2/c1-15-7-8-2-4-11-10(12-8)13-5-3-9(14)6-13/h2,4,9,14H,3,5-7H2,1H3/t9-/m1/s1. The predicted octanol–water partition coefficient (Wildman–Crippen LogP) is 0.194. The average Bonchev–Trinajstić information content (AvgIpc) is 2.66. The van der Waals surface area contributed by atoms with Crippen molar-refractivity contribution in [3.63, 3.8) is 0 Å². The van der Waals surface area contributed by atoms with Gasteiger partial charge in [-0.15, -0.1) is 0 Å². The maximum Gasteiger partial charge on any atom is 0.225 e. The van der Waals surface area contributed by atoms with Crippen LogP contribution in [0.5, 0.6) is 0 Å². The summed E-state index contributed by atoms with van der Waals surface area (Å²) in [6, 6.07) is 1.83. The molecule has 1 saturated heterocycles. The molecule has 2 rings (SSSR count). The van der Waals surface area contributed by atoms with Gasteiger partial charge in [0.2, 0.25) is 5.95 Å². The van der Waals surface area contributed by atoms with Crippen LogP contribution < -0.4 is 4.90 Å². The van der Waals surface area contributed by atoms with Gasteiger partial charge in [-0.05, 0) is 12.5 Å². The summed E-state index contributed by atoms with van der Waals surface area (Å²) in [7, 11) is 1.64. The van der Waals surface area contributed by atoms with Gasteiger partial charge in [0.1, 0.15) is 0 Å². The van der Waals surface area contributed by atoms with E-state index in [1.54, 1.807) is 13.3 Å². The molecule has 1 aromatic rings. The minimum atomic E-state index is -0.250. The normalized spacial score (nSPS) is 20.9. The van der Waals surface area contributed by atoms with Gasteiger partial charge in [0.05, 0.1) is 18.4 Å². The van der Waals surface area contributed by atoms with E-state index in [4.69, 9.17) is 4.74 Å². The van der Waals surface area contributed by atoms with Crippen molar-refractivity contribution in [3.05, 3.63) is 18.0 Å². The number of rotatable bonds is 3. The summed E-state index contributed by atoms with van der Waals surface area (Å²) in [6.07, 6.45) is 2.26. The summed E-state index contributed by atoms with van der Waals surface area (Å²) >= 11 is 0.